The number of nitrogens with zero attached hydrogens (tertiary/aromatic N) is 2. The van der Waals surface area contributed by atoms with Crippen LogP contribution in [0, 0.1) is 0 Å². The molecule has 5 heteroatoms. The first kappa shape index (κ1) is 22.0. The quantitative estimate of drug-likeness (QED) is 0.277. The first-order valence-corrected chi connectivity index (χ1v) is 12.5. The van der Waals surface area contributed by atoms with Gasteiger partial charge in [0.25, 0.3) is 5.91 Å². The fourth-order valence-electron chi connectivity index (χ4n) is 4.45. The van der Waals surface area contributed by atoms with Crippen LogP contribution >= 0.6 is 11.8 Å². The Morgan fingerprint density at radius 1 is 0.611 bits per heavy atom. The molecule has 1 aliphatic heterocycles. The lowest BCUT2D eigenvalue weighted by Gasteiger charge is -2.31. The number of hydrogen-bond acceptors (Lipinski definition) is 4. The molecule has 4 nitrogen and oxygen atoms in total. The van der Waals surface area contributed by atoms with Crippen LogP contribution < -0.4 is 9.80 Å². The first-order chi connectivity index (χ1) is 17.7. The summed E-state index contributed by atoms with van der Waals surface area (Å²) in [4.78, 5) is 19.6. The number of amides is 1. The number of para-hydroxylation sites is 3. The van der Waals surface area contributed by atoms with E-state index < -0.39 is 0 Å². The second-order valence-corrected chi connectivity index (χ2v) is 9.50. The Kier molecular flexibility index (Phi) is 5.68. The van der Waals surface area contributed by atoms with Gasteiger partial charge in [-0.2, -0.15) is 0 Å². The standard InChI is InChI=1S/C31H22N2O2S/c34-26-19-20-28-30(21-26)36-29-14-8-7-13-27(29)33(28)31(35)22-15-17-25(18-16-22)32(23-9-3-1-4-10-23)24-11-5-2-6-12-24/h1-21,34H. The summed E-state index contributed by atoms with van der Waals surface area (Å²) in [7, 11) is 0. The maximum Gasteiger partial charge on any atom is 0.262 e. The zero-order chi connectivity index (χ0) is 24.5. The molecular formula is C31H22N2O2S. The van der Waals surface area contributed by atoms with Crippen molar-refractivity contribution in [2.45, 2.75) is 9.79 Å². The summed E-state index contributed by atoms with van der Waals surface area (Å²) < 4.78 is 0. The number of hydrogen-bond donors (Lipinski definition) is 1. The molecule has 0 fully saturated rings. The number of aromatic hydroxyl groups is 1. The average molecular weight is 487 g/mol. The largest absolute Gasteiger partial charge is 0.508 e. The zero-order valence-electron chi connectivity index (χ0n) is 19.3. The lowest BCUT2D eigenvalue weighted by molar-refractivity contribution is 0.0998. The topological polar surface area (TPSA) is 43.8 Å². The van der Waals surface area contributed by atoms with Gasteiger partial charge in [0.2, 0.25) is 0 Å². The van der Waals surface area contributed by atoms with Crippen LogP contribution in [-0.4, -0.2) is 11.0 Å². The second kappa shape index (κ2) is 9.29. The monoisotopic (exact) mass is 486 g/mol. The van der Waals surface area contributed by atoms with E-state index in [1.54, 1.807) is 34.9 Å². The highest BCUT2D eigenvalue weighted by Crippen LogP contribution is 2.49. The van der Waals surface area contributed by atoms with Crippen LogP contribution in [0.5, 0.6) is 5.75 Å². The maximum absolute atomic E-state index is 13.9. The second-order valence-electron chi connectivity index (χ2n) is 8.42. The van der Waals surface area contributed by atoms with E-state index in [-0.39, 0.29) is 11.7 Å². The smallest absolute Gasteiger partial charge is 0.262 e. The Morgan fingerprint density at radius 3 is 1.83 bits per heavy atom. The molecular weight excluding hydrogens is 464 g/mol. The van der Waals surface area contributed by atoms with Crippen molar-refractivity contribution in [3.63, 3.8) is 0 Å². The molecule has 1 amide bonds. The number of fused-ring (bicyclic) bond motifs is 2. The molecule has 6 rings (SSSR count). The number of rotatable bonds is 4. The number of phenols is 1. The van der Waals surface area contributed by atoms with Gasteiger partial charge in [-0.15, -0.1) is 0 Å². The molecule has 174 valence electrons. The Balaban J connectivity index is 1.39. The Labute approximate surface area is 214 Å². The van der Waals surface area contributed by atoms with Crippen LogP contribution in [0.4, 0.5) is 28.4 Å². The molecule has 5 aromatic rings. The number of phenolic OH excluding ortho intramolecular Hbond substituents is 1. The van der Waals surface area contributed by atoms with E-state index >= 15 is 0 Å². The van der Waals surface area contributed by atoms with E-state index in [1.165, 1.54) is 0 Å². The summed E-state index contributed by atoms with van der Waals surface area (Å²) in [6, 6.07) is 41.0. The Hall–Kier alpha value is -4.48. The summed E-state index contributed by atoms with van der Waals surface area (Å²) in [5.41, 5.74) is 5.23. The minimum atomic E-state index is -0.118. The Bertz CT molecular complexity index is 1500. The predicted octanol–water partition coefficient (Wildman–Crippen LogP) is 8.31. The molecule has 0 atom stereocenters. The summed E-state index contributed by atoms with van der Waals surface area (Å²) >= 11 is 1.55. The highest BCUT2D eigenvalue weighted by Gasteiger charge is 2.29. The van der Waals surface area contributed by atoms with Gasteiger partial charge in [-0.25, -0.2) is 0 Å². The number of carbonyl (C=O) groups excluding carboxylic acids is 1. The summed E-state index contributed by atoms with van der Waals surface area (Å²) in [6.07, 6.45) is 0. The maximum atomic E-state index is 13.9. The van der Waals surface area contributed by atoms with Gasteiger partial charge in [-0.3, -0.25) is 9.69 Å². The van der Waals surface area contributed by atoms with Crippen molar-refractivity contribution in [3.05, 3.63) is 133 Å². The number of anilines is 5. The highest BCUT2D eigenvalue weighted by atomic mass is 32.2. The van der Waals surface area contributed by atoms with Crippen molar-refractivity contribution < 1.29 is 9.90 Å². The molecule has 0 spiro atoms. The highest BCUT2D eigenvalue weighted by molar-refractivity contribution is 7.99. The molecule has 36 heavy (non-hydrogen) atoms. The molecule has 1 aliphatic rings. The first-order valence-electron chi connectivity index (χ1n) is 11.6. The zero-order valence-corrected chi connectivity index (χ0v) is 20.1. The van der Waals surface area contributed by atoms with E-state index in [0.717, 1.165) is 38.2 Å². The van der Waals surface area contributed by atoms with Crippen LogP contribution in [0.2, 0.25) is 0 Å². The molecule has 0 saturated carbocycles. The third-order valence-electron chi connectivity index (χ3n) is 6.11. The van der Waals surface area contributed by atoms with Crippen LogP contribution in [-0.2, 0) is 0 Å². The molecule has 1 heterocycles. The fourth-order valence-corrected chi connectivity index (χ4v) is 5.54. The fraction of sp³-hybridized carbons (Fsp3) is 0. The van der Waals surface area contributed by atoms with Crippen molar-refractivity contribution in [2.75, 3.05) is 9.80 Å². The lowest BCUT2D eigenvalue weighted by atomic mass is 10.1. The van der Waals surface area contributed by atoms with Gasteiger partial charge in [-0.05, 0) is 78.9 Å². The van der Waals surface area contributed by atoms with E-state index in [4.69, 9.17) is 0 Å². The minimum absolute atomic E-state index is 0.118. The normalized spacial score (nSPS) is 11.9. The molecule has 0 aromatic heterocycles. The molecule has 0 bridgehead atoms. The van der Waals surface area contributed by atoms with Crippen molar-refractivity contribution in [3.8, 4) is 5.75 Å². The summed E-state index contributed by atoms with van der Waals surface area (Å²) in [5, 5.41) is 10.0. The number of carbonyl (C=O) groups is 1. The van der Waals surface area contributed by atoms with E-state index in [9.17, 15) is 9.90 Å². The van der Waals surface area contributed by atoms with Gasteiger partial charge in [0.05, 0.1) is 11.4 Å². The molecule has 5 aromatic carbocycles. The number of benzene rings is 5. The van der Waals surface area contributed by atoms with Crippen molar-refractivity contribution >= 4 is 46.1 Å². The van der Waals surface area contributed by atoms with Gasteiger partial charge >= 0.3 is 0 Å². The van der Waals surface area contributed by atoms with Gasteiger partial charge < -0.3 is 10.0 Å². The molecule has 0 aliphatic carbocycles. The summed E-state index contributed by atoms with van der Waals surface area (Å²) in [6.45, 7) is 0. The van der Waals surface area contributed by atoms with Crippen molar-refractivity contribution in [1.82, 2.24) is 0 Å². The van der Waals surface area contributed by atoms with Gasteiger partial charge in [0.15, 0.2) is 0 Å². The van der Waals surface area contributed by atoms with Gasteiger partial charge in [0, 0.05) is 32.4 Å². The van der Waals surface area contributed by atoms with Crippen LogP contribution in [0.15, 0.2) is 137 Å². The third-order valence-corrected chi connectivity index (χ3v) is 7.23. The van der Waals surface area contributed by atoms with Crippen LogP contribution in [0.25, 0.3) is 0 Å². The third kappa shape index (κ3) is 4.00. The molecule has 0 saturated heterocycles. The van der Waals surface area contributed by atoms with Crippen molar-refractivity contribution in [1.29, 1.82) is 0 Å². The lowest BCUT2D eigenvalue weighted by Crippen LogP contribution is -2.28. The predicted molar refractivity (Wildman–Crippen MR) is 146 cm³/mol. The average Bonchev–Trinajstić information content (AvgIpc) is 2.93. The van der Waals surface area contributed by atoms with E-state index in [2.05, 4.69) is 29.2 Å². The Morgan fingerprint density at radius 2 is 1.17 bits per heavy atom. The van der Waals surface area contributed by atoms with Crippen LogP contribution in [0.1, 0.15) is 10.4 Å². The van der Waals surface area contributed by atoms with Crippen LogP contribution in [0.3, 0.4) is 0 Å². The van der Waals surface area contributed by atoms with Gasteiger partial charge in [0.1, 0.15) is 5.75 Å². The molecule has 1 N–H and O–H groups in total. The SMILES string of the molecule is O=C(c1ccc(N(c2ccccc2)c2ccccc2)cc1)N1c2ccccc2Sc2cc(O)ccc21. The van der Waals surface area contributed by atoms with Gasteiger partial charge in [-0.1, -0.05) is 60.3 Å². The van der Waals surface area contributed by atoms with E-state index in [1.807, 2.05) is 84.9 Å². The van der Waals surface area contributed by atoms with E-state index in [0.29, 0.717) is 5.56 Å². The minimum Gasteiger partial charge on any atom is -0.508 e. The van der Waals surface area contributed by atoms with Crippen molar-refractivity contribution in [2.24, 2.45) is 0 Å². The molecule has 0 radical (unpaired) electrons. The molecule has 0 unspecified atom stereocenters. The summed E-state index contributed by atoms with van der Waals surface area (Å²) in [5.74, 6) is 0.0616.